The van der Waals surface area contributed by atoms with E-state index in [4.69, 9.17) is 4.52 Å². The topological polar surface area (TPSA) is 129 Å². The number of aliphatic hydroxyl groups excluding tert-OH is 1. The Morgan fingerprint density at radius 1 is 1.26 bits per heavy atom. The third-order valence-corrected chi connectivity index (χ3v) is 7.40. The lowest BCUT2D eigenvalue weighted by atomic mass is 9.91. The van der Waals surface area contributed by atoms with E-state index in [1.54, 1.807) is 11.3 Å². The standard InChI is InChI=1S/C25H30N4O5S/c1-13(2)22(20-10-21(31)28-34-20)25(33)29-11-18(30)9-19(29)24(32)27-14(3)16-5-7-17(8-6-16)23-15(4)26-12-35-23/h5-8,10,12-14,18-19,22,30H,9,11H2,1-4H3,(H,27,32)(H,28,31)/t14-,18+,19-,22+/m0/s1. The predicted octanol–water partition coefficient (Wildman–Crippen LogP) is 2.98. The van der Waals surface area contributed by atoms with Gasteiger partial charge in [-0.1, -0.05) is 38.1 Å². The van der Waals surface area contributed by atoms with Crippen LogP contribution in [-0.2, 0) is 9.59 Å². The van der Waals surface area contributed by atoms with Crippen molar-refractivity contribution in [2.45, 2.75) is 58.2 Å². The van der Waals surface area contributed by atoms with Gasteiger partial charge in [0.15, 0.2) is 5.76 Å². The van der Waals surface area contributed by atoms with Gasteiger partial charge < -0.3 is 19.8 Å². The number of hydrogen-bond acceptors (Lipinski definition) is 7. The summed E-state index contributed by atoms with van der Waals surface area (Å²) in [5.41, 5.74) is 4.36. The highest BCUT2D eigenvalue weighted by Crippen LogP contribution is 2.31. The summed E-state index contributed by atoms with van der Waals surface area (Å²) in [5, 5.41) is 15.5. The Morgan fingerprint density at radius 3 is 2.54 bits per heavy atom. The zero-order chi connectivity index (χ0) is 25.3. The normalized spacial score (nSPS) is 19.7. The first-order chi connectivity index (χ1) is 16.7. The van der Waals surface area contributed by atoms with Crippen molar-refractivity contribution in [2.24, 2.45) is 5.92 Å². The van der Waals surface area contributed by atoms with Gasteiger partial charge in [0.1, 0.15) is 12.0 Å². The first-order valence-electron chi connectivity index (χ1n) is 11.6. The SMILES string of the molecule is Cc1ncsc1-c1ccc([C@H](C)NC(=O)[C@@H]2C[C@@H](O)CN2C(=O)[C@@H](c2cc(=O)[nH]o2)C(C)C)cc1. The molecule has 1 saturated heterocycles. The molecule has 0 bridgehead atoms. The number of likely N-dealkylation sites (tertiary alicyclic amines) is 1. The Labute approximate surface area is 207 Å². The van der Waals surface area contributed by atoms with Gasteiger partial charge >= 0.3 is 0 Å². The van der Waals surface area contributed by atoms with Crippen molar-refractivity contribution in [2.75, 3.05) is 6.54 Å². The summed E-state index contributed by atoms with van der Waals surface area (Å²) >= 11 is 1.58. The summed E-state index contributed by atoms with van der Waals surface area (Å²) in [6.45, 7) is 7.59. The Kier molecular flexibility index (Phi) is 7.23. The van der Waals surface area contributed by atoms with Crippen LogP contribution in [0, 0.1) is 12.8 Å². The number of carbonyl (C=O) groups excluding carboxylic acids is 2. The quantitative estimate of drug-likeness (QED) is 0.459. The van der Waals surface area contributed by atoms with Gasteiger partial charge in [0.2, 0.25) is 11.8 Å². The maximum absolute atomic E-state index is 13.4. The average Bonchev–Trinajstić information content (AvgIpc) is 3.53. The highest BCUT2D eigenvalue weighted by molar-refractivity contribution is 7.13. The summed E-state index contributed by atoms with van der Waals surface area (Å²) in [4.78, 5) is 45.0. The Balaban J connectivity index is 1.48. The van der Waals surface area contributed by atoms with E-state index in [0.717, 1.165) is 21.7 Å². The number of benzene rings is 1. The van der Waals surface area contributed by atoms with Gasteiger partial charge in [-0.05, 0) is 30.9 Å². The second-order valence-electron chi connectivity index (χ2n) is 9.35. The van der Waals surface area contributed by atoms with E-state index in [0.29, 0.717) is 0 Å². The van der Waals surface area contributed by atoms with Crippen LogP contribution in [-0.4, -0.2) is 50.7 Å². The molecule has 1 aliphatic heterocycles. The molecule has 0 unspecified atom stereocenters. The van der Waals surface area contributed by atoms with Gasteiger partial charge in [-0.15, -0.1) is 11.3 Å². The zero-order valence-electron chi connectivity index (χ0n) is 20.1. The molecule has 2 amide bonds. The highest BCUT2D eigenvalue weighted by Gasteiger charge is 2.43. The second kappa shape index (κ2) is 10.2. The molecule has 4 atom stereocenters. The fraction of sp³-hybridized carbons (Fsp3) is 0.440. The van der Waals surface area contributed by atoms with E-state index in [1.807, 2.05) is 57.5 Å². The fourth-order valence-electron chi connectivity index (χ4n) is 4.57. The largest absolute Gasteiger partial charge is 0.391 e. The smallest absolute Gasteiger partial charge is 0.280 e. The number of rotatable bonds is 7. The molecule has 10 heteroatoms. The molecule has 3 N–H and O–H groups in total. The molecule has 35 heavy (non-hydrogen) atoms. The molecule has 3 heterocycles. The van der Waals surface area contributed by atoms with Crippen molar-refractivity contribution in [3.05, 3.63) is 63.2 Å². The molecular weight excluding hydrogens is 468 g/mol. The summed E-state index contributed by atoms with van der Waals surface area (Å²) in [6, 6.07) is 8.09. The van der Waals surface area contributed by atoms with Gasteiger partial charge in [-0.3, -0.25) is 14.4 Å². The number of aliphatic hydroxyl groups is 1. The van der Waals surface area contributed by atoms with Crippen molar-refractivity contribution in [3.8, 4) is 10.4 Å². The molecule has 3 aromatic rings. The summed E-state index contributed by atoms with van der Waals surface area (Å²) < 4.78 is 5.21. The third kappa shape index (κ3) is 5.23. The molecule has 0 radical (unpaired) electrons. The monoisotopic (exact) mass is 498 g/mol. The van der Waals surface area contributed by atoms with Crippen LogP contribution in [0.15, 0.2) is 45.2 Å². The lowest BCUT2D eigenvalue weighted by Gasteiger charge is -2.29. The number of aromatic amines is 1. The zero-order valence-corrected chi connectivity index (χ0v) is 21.0. The van der Waals surface area contributed by atoms with Gasteiger partial charge in [-0.2, -0.15) is 5.16 Å². The van der Waals surface area contributed by atoms with Crippen molar-refractivity contribution < 1.29 is 19.2 Å². The molecular formula is C25H30N4O5S. The summed E-state index contributed by atoms with van der Waals surface area (Å²) in [5.74, 6) is -1.38. The minimum Gasteiger partial charge on any atom is -0.391 e. The van der Waals surface area contributed by atoms with Crippen LogP contribution in [0.4, 0.5) is 0 Å². The van der Waals surface area contributed by atoms with E-state index in [-0.39, 0.29) is 42.5 Å². The van der Waals surface area contributed by atoms with Gasteiger partial charge in [0, 0.05) is 19.0 Å². The predicted molar refractivity (Wildman–Crippen MR) is 132 cm³/mol. The van der Waals surface area contributed by atoms with Crippen molar-refractivity contribution in [3.63, 3.8) is 0 Å². The molecule has 0 aliphatic carbocycles. The van der Waals surface area contributed by atoms with Crippen LogP contribution in [0.2, 0.25) is 0 Å². The molecule has 9 nitrogen and oxygen atoms in total. The Hall–Kier alpha value is -3.24. The van der Waals surface area contributed by atoms with Crippen LogP contribution in [0.3, 0.4) is 0 Å². The van der Waals surface area contributed by atoms with E-state index in [9.17, 15) is 19.5 Å². The van der Waals surface area contributed by atoms with Crippen LogP contribution < -0.4 is 10.9 Å². The van der Waals surface area contributed by atoms with Crippen molar-refractivity contribution in [1.82, 2.24) is 20.4 Å². The Bertz CT molecular complexity index is 1250. The highest BCUT2D eigenvalue weighted by atomic mass is 32.1. The molecule has 2 aromatic heterocycles. The fourth-order valence-corrected chi connectivity index (χ4v) is 5.38. The molecule has 0 saturated carbocycles. The van der Waals surface area contributed by atoms with E-state index in [1.165, 1.54) is 11.0 Å². The molecule has 4 rings (SSSR count). The number of nitrogens with one attached hydrogen (secondary N) is 2. The number of thiazole rings is 1. The van der Waals surface area contributed by atoms with Crippen LogP contribution in [0.25, 0.3) is 10.4 Å². The number of aromatic nitrogens is 2. The maximum Gasteiger partial charge on any atom is 0.280 e. The first kappa shape index (κ1) is 24.9. The Morgan fingerprint density at radius 2 is 1.97 bits per heavy atom. The first-order valence-corrected chi connectivity index (χ1v) is 12.5. The number of β-amino-alcohol motifs (C(OH)–C–C–N with tert-alkyl or cyclic N) is 1. The average molecular weight is 499 g/mol. The molecule has 1 aliphatic rings. The van der Waals surface area contributed by atoms with Crippen LogP contribution in [0.5, 0.6) is 0 Å². The van der Waals surface area contributed by atoms with E-state index >= 15 is 0 Å². The molecule has 0 spiro atoms. The minimum atomic E-state index is -0.814. The van der Waals surface area contributed by atoms with Crippen molar-refractivity contribution in [1.29, 1.82) is 0 Å². The summed E-state index contributed by atoms with van der Waals surface area (Å²) in [6.07, 6.45) is -0.659. The van der Waals surface area contributed by atoms with Gasteiger partial charge in [0.05, 0.1) is 28.2 Å². The number of nitrogens with zero attached hydrogens (tertiary/aromatic N) is 2. The number of amides is 2. The maximum atomic E-state index is 13.4. The lowest BCUT2D eigenvalue weighted by molar-refractivity contribution is -0.141. The van der Waals surface area contributed by atoms with Crippen LogP contribution >= 0.6 is 11.3 Å². The number of hydrogen-bond donors (Lipinski definition) is 3. The minimum absolute atomic E-state index is 0.0477. The third-order valence-electron chi connectivity index (χ3n) is 6.42. The van der Waals surface area contributed by atoms with Gasteiger partial charge in [-0.25, -0.2) is 4.98 Å². The van der Waals surface area contributed by atoms with E-state index < -0.39 is 23.6 Å². The summed E-state index contributed by atoms with van der Waals surface area (Å²) in [7, 11) is 0. The van der Waals surface area contributed by atoms with E-state index in [2.05, 4.69) is 15.5 Å². The van der Waals surface area contributed by atoms with Gasteiger partial charge in [0.25, 0.3) is 5.56 Å². The van der Waals surface area contributed by atoms with Crippen molar-refractivity contribution >= 4 is 23.2 Å². The lowest BCUT2D eigenvalue weighted by Crippen LogP contribution is -2.48. The number of aryl methyl sites for hydroxylation is 1. The second-order valence-corrected chi connectivity index (χ2v) is 10.2. The molecule has 186 valence electrons. The number of H-pyrrole nitrogens is 1. The molecule has 1 fully saturated rings. The molecule has 1 aromatic carbocycles. The number of carbonyl (C=O) groups is 2. The van der Waals surface area contributed by atoms with Crippen LogP contribution in [0.1, 0.15) is 56.2 Å².